The molecule has 0 bridgehead atoms. The van der Waals surface area contributed by atoms with E-state index in [0.29, 0.717) is 6.54 Å². The van der Waals surface area contributed by atoms with Crippen molar-refractivity contribution in [3.63, 3.8) is 0 Å². The average molecular weight is 347 g/mol. The summed E-state index contributed by atoms with van der Waals surface area (Å²) in [4.78, 5) is 16.1. The third-order valence-corrected chi connectivity index (χ3v) is 4.68. The number of nitrogens with one attached hydrogen (secondary N) is 1. The van der Waals surface area contributed by atoms with Gasteiger partial charge in [0.05, 0.1) is 0 Å². The Hall–Kier alpha value is -1.88. The zero-order valence-electron chi connectivity index (χ0n) is 15.6. The van der Waals surface area contributed by atoms with Crippen LogP contribution in [0.4, 0.5) is 9.18 Å². The minimum Gasteiger partial charge on any atom is -0.338 e. The van der Waals surface area contributed by atoms with E-state index in [4.69, 9.17) is 0 Å². The number of hydrogen-bond donors (Lipinski definition) is 1. The Bertz CT molecular complexity index is 585. The number of allylic oxidation sites excluding steroid dienone is 2. The summed E-state index contributed by atoms with van der Waals surface area (Å²) in [7, 11) is 0. The molecule has 1 fully saturated rings. The molecule has 0 aromatic heterocycles. The lowest BCUT2D eigenvalue weighted by Crippen LogP contribution is -2.51. The molecule has 1 aliphatic rings. The van der Waals surface area contributed by atoms with E-state index in [2.05, 4.69) is 24.1 Å². The van der Waals surface area contributed by atoms with Gasteiger partial charge in [0.1, 0.15) is 5.82 Å². The first-order valence-electron chi connectivity index (χ1n) is 9.18. The number of nitrogens with zero attached hydrogens (tertiary/aromatic N) is 2. The van der Waals surface area contributed by atoms with Crippen molar-refractivity contribution in [2.45, 2.75) is 33.6 Å². The molecule has 5 heteroatoms. The van der Waals surface area contributed by atoms with Crippen LogP contribution in [-0.2, 0) is 0 Å². The van der Waals surface area contributed by atoms with Crippen LogP contribution in [0, 0.1) is 5.82 Å². The van der Waals surface area contributed by atoms with Gasteiger partial charge in [-0.1, -0.05) is 17.7 Å². The molecule has 138 valence electrons. The highest BCUT2D eigenvalue weighted by Gasteiger charge is 2.20. The summed E-state index contributed by atoms with van der Waals surface area (Å²) in [6.45, 7) is 11.3. The Kier molecular flexibility index (Phi) is 7.44. The minimum absolute atomic E-state index is 0.0466. The predicted octanol–water partition coefficient (Wildman–Crippen LogP) is 3.75. The molecular formula is C20H30FN3O. The highest BCUT2D eigenvalue weighted by atomic mass is 19.1. The van der Waals surface area contributed by atoms with Crippen LogP contribution in [-0.4, -0.2) is 55.1 Å². The number of hydrogen-bond acceptors (Lipinski definition) is 2. The van der Waals surface area contributed by atoms with Gasteiger partial charge in [0, 0.05) is 32.7 Å². The standard InChI is InChI=1S/C20H30FN3O/c1-4-22-20(25)24-14-12-23(13-15-24)11-5-6-19(16(2)3)17-7-9-18(21)10-8-17/h7-10H,4-6,11-15H2,1-3H3,(H,22,25). The summed E-state index contributed by atoms with van der Waals surface area (Å²) >= 11 is 0. The van der Waals surface area contributed by atoms with Gasteiger partial charge in [-0.2, -0.15) is 0 Å². The van der Waals surface area contributed by atoms with Gasteiger partial charge in [0.15, 0.2) is 0 Å². The van der Waals surface area contributed by atoms with E-state index >= 15 is 0 Å². The van der Waals surface area contributed by atoms with Crippen molar-refractivity contribution < 1.29 is 9.18 Å². The van der Waals surface area contributed by atoms with Crippen LogP contribution in [0.2, 0.25) is 0 Å². The maximum atomic E-state index is 13.1. The van der Waals surface area contributed by atoms with Crippen LogP contribution < -0.4 is 5.32 Å². The average Bonchev–Trinajstić information content (AvgIpc) is 2.60. The predicted molar refractivity (Wildman–Crippen MR) is 101 cm³/mol. The van der Waals surface area contributed by atoms with Gasteiger partial charge in [-0.3, -0.25) is 4.90 Å². The molecule has 1 aliphatic heterocycles. The number of urea groups is 1. The fourth-order valence-electron chi connectivity index (χ4n) is 3.25. The summed E-state index contributed by atoms with van der Waals surface area (Å²) < 4.78 is 13.1. The normalized spacial score (nSPS) is 15.1. The van der Waals surface area contributed by atoms with E-state index in [0.717, 1.165) is 51.1 Å². The Morgan fingerprint density at radius 1 is 1.12 bits per heavy atom. The van der Waals surface area contributed by atoms with Crippen LogP contribution in [0.1, 0.15) is 39.2 Å². The van der Waals surface area contributed by atoms with Crippen molar-refractivity contribution in [3.05, 3.63) is 41.2 Å². The van der Waals surface area contributed by atoms with Gasteiger partial charge in [0.25, 0.3) is 0 Å². The van der Waals surface area contributed by atoms with Crippen LogP contribution in [0.3, 0.4) is 0 Å². The summed E-state index contributed by atoms with van der Waals surface area (Å²) in [6.07, 6.45) is 2.06. The number of halogens is 1. The molecule has 1 aromatic carbocycles. The first-order chi connectivity index (χ1) is 12.0. The van der Waals surface area contributed by atoms with Crippen LogP contribution >= 0.6 is 0 Å². The molecule has 1 saturated heterocycles. The van der Waals surface area contributed by atoms with Gasteiger partial charge in [-0.15, -0.1) is 0 Å². The van der Waals surface area contributed by atoms with Crippen molar-refractivity contribution in [2.24, 2.45) is 0 Å². The first-order valence-corrected chi connectivity index (χ1v) is 9.18. The Labute approximate surface area is 150 Å². The molecular weight excluding hydrogens is 317 g/mol. The zero-order valence-corrected chi connectivity index (χ0v) is 15.6. The molecule has 0 radical (unpaired) electrons. The van der Waals surface area contributed by atoms with E-state index in [9.17, 15) is 9.18 Å². The fourth-order valence-corrected chi connectivity index (χ4v) is 3.25. The lowest BCUT2D eigenvalue weighted by atomic mass is 9.97. The second-order valence-electron chi connectivity index (χ2n) is 6.75. The molecule has 1 N–H and O–H groups in total. The van der Waals surface area contributed by atoms with Crippen molar-refractivity contribution in [3.8, 4) is 0 Å². The van der Waals surface area contributed by atoms with Crippen LogP contribution in [0.25, 0.3) is 5.57 Å². The molecule has 1 heterocycles. The zero-order chi connectivity index (χ0) is 18.2. The van der Waals surface area contributed by atoms with E-state index in [1.807, 2.05) is 24.0 Å². The molecule has 0 atom stereocenters. The number of rotatable bonds is 6. The lowest BCUT2D eigenvalue weighted by Gasteiger charge is -2.34. The summed E-state index contributed by atoms with van der Waals surface area (Å²) in [5, 5.41) is 2.86. The summed E-state index contributed by atoms with van der Waals surface area (Å²) in [5.41, 5.74) is 3.70. The molecule has 4 nitrogen and oxygen atoms in total. The highest BCUT2D eigenvalue weighted by molar-refractivity contribution is 5.74. The Balaban J connectivity index is 1.79. The highest BCUT2D eigenvalue weighted by Crippen LogP contribution is 2.24. The topological polar surface area (TPSA) is 35.6 Å². The van der Waals surface area contributed by atoms with Crippen molar-refractivity contribution in [2.75, 3.05) is 39.3 Å². The Morgan fingerprint density at radius 2 is 1.76 bits per heavy atom. The second-order valence-corrected chi connectivity index (χ2v) is 6.75. The van der Waals surface area contributed by atoms with E-state index in [1.165, 1.54) is 23.3 Å². The maximum Gasteiger partial charge on any atom is 0.317 e. The summed E-state index contributed by atoms with van der Waals surface area (Å²) in [6, 6.07) is 6.83. The van der Waals surface area contributed by atoms with Gasteiger partial charge < -0.3 is 10.2 Å². The molecule has 1 aromatic rings. The van der Waals surface area contributed by atoms with E-state index < -0.39 is 0 Å². The van der Waals surface area contributed by atoms with Gasteiger partial charge in [-0.25, -0.2) is 9.18 Å². The SMILES string of the molecule is CCNC(=O)N1CCN(CCCC(=C(C)C)c2ccc(F)cc2)CC1. The molecule has 0 spiro atoms. The van der Waals surface area contributed by atoms with Crippen LogP contribution in [0.5, 0.6) is 0 Å². The first kappa shape index (κ1) is 19.4. The number of amides is 2. The molecule has 2 amide bonds. The lowest BCUT2D eigenvalue weighted by molar-refractivity contribution is 0.139. The van der Waals surface area contributed by atoms with Gasteiger partial charge >= 0.3 is 6.03 Å². The van der Waals surface area contributed by atoms with Crippen molar-refractivity contribution in [1.29, 1.82) is 0 Å². The van der Waals surface area contributed by atoms with Crippen LogP contribution in [0.15, 0.2) is 29.8 Å². The third-order valence-electron chi connectivity index (χ3n) is 4.68. The molecule has 0 saturated carbocycles. The van der Waals surface area contributed by atoms with Gasteiger partial charge in [0.2, 0.25) is 0 Å². The third kappa shape index (κ3) is 5.85. The Morgan fingerprint density at radius 3 is 2.32 bits per heavy atom. The summed E-state index contributed by atoms with van der Waals surface area (Å²) in [5.74, 6) is -0.193. The second kappa shape index (κ2) is 9.56. The smallest absolute Gasteiger partial charge is 0.317 e. The molecule has 0 unspecified atom stereocenters. The number of piperazine rings is 1. The number of carbonyl (C=O) groups excluding carboxylic acids is 1. The van der Waals surface area contributed by atoms with E-state index in [-0.39, 0.29) is 11.8 Å². The van der Waals surface area contributed by atoms with Crippen molar-refractivity contribution >= 4 is 11.6 Å². The maximum absolute atomic E-state index is 13.1. The number of benzene rings is 1. The van der Waals surface area contributed by atoms with Crippen molar-refractivity contribution in [1.82, 2.24) is 15.1 Å². The molecule has 25 heavy (non-hydrogen) atoms. The van der Waals surface area contributed by atoms with Gasteiger partial charge in [-0.05, 0) is 63.4 Å². The number of carbonyl (C=O) groups is 1. The fraction of sp³-hybridized carbons (Fsp3) is 0.550. The monoisotopic (exact) mass is 347 g/mol. The van der Waals surface area contributed by atoms with E-state index in [1.54, 1.807) is 0 Å². The molecule has 2 rings (SSSR count). The minimum atomic E-state index is -0.193. The molecule has 0 aliphatic carbocycles. The quantitative estimate of drug-likeness (QED) is 0.851. The largest absolute Gasteiger partial charge is 0.338 e.